The van der Waals surface area contributed by atoms with E-state index >= 15 is 0 Å². The fourth-order valence-corrected chi connectivity index (χ4v) is 3.60. The van der Waals surface area contributed by atoms with Crippen LogP contribution in [0.3, 0.4) is 0 Å². The average Bonchev–Trinajstić information content (AvgIpc) is 2.94. The van der Waals surface area contributed by atoms with E-state index < -0.39 is 0 Å². The van der Waals surface area contributed by atoms with Gasteiger partial charge in [-0.3, -0.25) is 0 Å². The van der Waals surface area contributed by atoms with Gasteiger partial charge in [-0.05, 0) is 37.5 Å². The van der Waals surface area contributed by atoms with Crippen LogP contribution in [0.2, 0.25) is 0 Å². The van der Waals surface area contributed by atoms with E-state index in [9.17, 15) is 4.79 Å². The first-order valence-electron chi connectivity index (χ1n) is 9.48. The van der Waals surface area contributed by atoms with Crippen molar-refractivity contribution in [2.75, 3.05) is 26.1 Å². The Bertz CT molecular complexity index is 774. The van der Waals surface area contributed by atoms with Crippen LogP contribution >= 0.6 is 0 Å². The molecule has 5 heteroatoms. The van der Waals surface area contributed by atoms with Gasteiger partial charge < -0.3 is 19.7 Å². The Labute approximate surface area is 161 Å². The largest absolute Gasteiger partial charge is 0.493 e. The third-order valence-electron chi connectivity index (χ3n) is 5.11. The van der Waals surface area contributed by atoms with Crippen LogP contribution < -0.4 is 14.8 Å². The molecule has 2 amide bonds. The lowest BCUT2D eigenvalue weighted by Gasteiger charge is -2.30. The zero-order chi connectivity index (χ0) is 19.2. The third-order valence-corrected chi connectivity index (χ3v) is 5.11. The molecule has 0 aromatic heterocycles. The number of hydrogen-bond acceptors (Lipinski definition) is 3. The number of carbonyl (C=O) groups excluding carboxylic acids is 1. The summed E-state index contributed by atoms with van der Waals surface area (Å²) in [6.45, 7) is 2.84. The van der Waals surface area contributed by atoms with Crippen molar-refractivity contribution in [3.05, 3.63) is 53.6 Å². The number of anilines is 1. The second-order valence-corrected chi connectivity index (χ2v) is 6.97. The van der Waals surface area contributed by atoms with Crippen molar-refractivity contribution in [2.45, 2.75) is 38.6 Å². The van der Waals surface area contributed by atoms with Gasteiger partial charge in [0.25, 0.3) is 0 Å². The summed E-state index contributed by atoms with van der Waals surface area (Å²) >= 11 is 0. The van der Waals surface area contributed by atoms with Gasteiger partial charge >= 0.3 is 6.03 Å². The predicted octanol–water partition coefficient (Wildman–Crippen LogP) is 5.16. The standard InChI is InChI=1S/C22H28N2O3/c1-16-8-10-17(11-9-16)19-7-5-4-6-14-24(19)22(25)23-18-12-13-20(26-2)21(15-18)27-3/h8-13,15,19H,4-7,14H2,1-3H3,(H,23,25)/t19-/m1/s1. The van der Waals surface area contributed by atoms with E-state index in [0.717, 1.165) is 32.2 Å². The second-order valence-electron chi connectivity index (χ2n) is 6.97. The van der Waals surface area contributed by atoms with Crippen LogP contribution in [0, 0.1) is 6.92 Å². The van der Waals surface area contributed by atoms with Gasteiger partial charge in [-0.25, -0.2) is 4.79 Å². The minimum absolute atomic E-state index is 0.0744. The molecule has 0 aliphatic carbocycles. The SMILES string of the molecule is COc1ccc(NC(=O)N2CCCCC[C@@H]2c2ccc(C)cc2)cc1OC. The molecule has 1 aliphatic rings. The highest BCUT2D eigenvalue weighted by atomic mass is 16.5. The van der Waals surface area contributed by atoms with Crippen molar-refractivity contribution >= 4 is 11.7 Å². The van der Waals surface area contributed by atoms with Gasteiger partial charge in [-0.2, -0.15) is 0 Å². The summed E-state index contributed by atoms with van der Waals surface area (Å²) in [6, 6.07) is 14.0. The Morgan fingerprint density at radius 2 is 1.74 bits per heavy atom. The van der Waals surface area contributed by atoms with Crippen molar-refractivity contribution in [1.29, 1.82) is 0 Å². The quantitative estimate of drug-likeness (QED) is 0.811. The molecule has 0 unspecified atom stereocenters. The summed E-state index contributed by atoms with van der Waals surface area (Å²) < 4.78 is 10.6. The topological polar surface area (TPSA) is 50.8 Å². The molecule has 2 aromatic carbocycles. The molecule has 27 heavy (non-hydrogen) atoms. The van der Waals surface area contributed by atoms with Crippen molar-refractivity contribution < 1.29 is 14.3 Å². The van der Waals surface area contributed by atoms with Crippen molar-refractivity contribution in [2.24, 2.45) is 0 Å². The van der Waals surface area contributed by atoms with E-state index in [1.54, 1.807) is 26.4 Å². The number of urea groups is 1. The molecular formula is C22H28N2O3. The smallest absolute Gasteiger partial charge is 0.322 e. The summed E-state index contributed by atoms with van der Waals surface area (Å²) in [5, 5.41) is 3.03. The van der Waals surface area contributed by atoms with Gasteiger partial charge in [0.2, 0.25) is 0 Å². The molecule has 0 saturated carbocycles. The summed E-state index contributed by atoms with van der Waals surface area (Å²) in [7, 11) is 3.19. The molecule has 1 saturated heterocycles. The number of benzene rings is 2. The molecule has 1 N–H and O–H groups in total. The predicted molar refractivity (Wildman–Crippen MR) is 108 cm³/mol. The molecule has 1 fully saturated rings. The Hall–Kier alpha value is -2.69. The first kappa shape index (κ1) is 19.1. The lowest BCUT2D eigenvalue weighted by atomic mass is 10.00. The minimum atomic E-state index is -0.0744. The molecule has 144 valence electrons. The average molecular weight is 368 g/mol. The summed E-state index contributed by atoms with van der Waals surface area (Å²) in [5.41, 5.74) is 3.13. The minimum Gasteiger partial charge on any atom is -0.493 e. The summed E-state index contributed by atoms with van der Waals surface area (Å²) in [4.78, 5) is 15.0. The van der Waals surface area contributed by atoms with E-state index in [4.69, 9.17) is 9.47 Å². The molecular weight excluding hydrogens is 340 g/mol. The number of aryl methyl sites for hydroxylation is 1. The van der Waals surface area contributed by atoms with E-state index in [1.807, 2.05) is 11.0 Å². The Kier molecular flexibility index (Phi) is 6.22. The number of methoxy groups -OCH3 is 2. The van der Waals surface area contributed by atoms with E-state index in [0.29, 0.717) is 17.2 Å². The monoisotopic (exact) mass is 368 g/mol. The Morgan fingerprint density at radius 3 is 2.44 bits per heavy atom. The number of likely N-dealkylation sites (tertiary alicyclic amines) is 1. The van der Waals surface area contributed by atoms with Crippen molar-refractivity contribution in [1.82, 2.24) is 4.90 Å². The number of nitrogens with zero attached hydrogens (tertiary/aromatic N) is 1. The summed E-state index contributed by atoms with van der Waals surface area (Å²) in [5.74, 6) is 1.24. The number of hydrogen-bond donors (Lipinski definition) is 1. The zero-order valence-electron chi connectivity index (χ0n) is 16.3. The highest BCUT2D eigenvalue weighted by Gasteiger charge is 2.27. The number of amides is 2. The van der Waals surface area contributed by atoms with Crippen LogP contribution in [-0.2, 0) is 0 Å². The lowest BCUT2D eigenvalue weighted by molar-refractivity contribution is 0.189. The maximum Gasteiger partial charge on any atom is 0.322 e. The van der Waals surface area contributed by atoms with E-state index in [-0.39, 0.29) is 12.1 Å². The van der Waals surface area contributed by atoms with Crippen LogP contribution in [0.4, 0.5) is 10.5 Å². The van der Waals surface area contributed by atoms with Crippen LogP contribution in [-0.4, -0.2) is 31.7 Å². The molecule has 0 radical (unpaired) electrons. The van der Waals surface area contributed by atoms with Gasteiger partial charge in [-0.1, -0.05) is 42.7 Å². The number of rotatable bonds is 4. The van der Waals surface area contributed by atoms with Crippen LogP contribution in [0.5, 0.6) is 11.5 Å². The van der Waals surface area contributed by atoms with Gasteiger partial charge in [0.1, 0.15) is 0 Å². The second kappa shape index (κ2) is 8.80. The summed E-state index contributed by atoms with van der Waals surface area (Å²) in [6.07, 6.45) is 4.31. The molecule has 1 atom stereocenters. The van der Waals surface area contributed by atoms with E-state index in [2.05, 4.69) is 36.5 Å². The van der Waals surface area contributed by atoms with Gasteiger partial charge in [-0.15, -0.1) is 0 Å². The first-order valence-corrected chi connectivity index (χ1v) is 9.48. The van der Waals surface area contributed by atoms with Crippen LogP contribution in [0.25, 0.3) is 0 Å². The fourth-order valence-electron chi connectivity index (χ4n) is 3.60. The highest BCUT2D eigenvalue weighted by molar-refractivity contribution is 5.90. The Balaban J connectivity index is 1.80. The number of nitrogens with one attached hydrogen (secondary N) is 1. The number of carbonyl (C=O) groups is 1. The molecule has 0 bridgehead atoms. The molecule has 5 nitrogen and oxygen atoms in total. The first-order chi connectivity index (χ1) is 13.1. The molecule has 1 heterocycles. The molecule has 3 rings (SSSR count). The van der Waals surface area contributed by atoms with Gasteiger partial charge in [0, 0.05) is 18.3 Å². The molecule has 0 spiro atoms. The molecule has 1 aliphatic heterocycles. The van der Waals surface area contributed by atoms with Crippen LogP contribution in [0.15, 0.2) is 42.5 Å². The van der Waals surface area contributed by atoms with E-state index in [1.165, 1.54) is 11.1 Å². The third kappa shape index (κ3) is 4.54. The van der Waals surface area contributed by atoms with Crippen molar-refractivity contribution in [3.8, 4) is 11.5 Å². The Morgan fingerprint density at radius 1 is 1.00 bits per heavy atom. The lowest BCUT2D eigenvalue weighted by Crippen LogP contribution is -2.38. The maximum absolute atomic E-state index is 13.1. The van der Waals surface area contributed by atoms with Crippen molar-refractivity contribution in [3.63, 3.8) is 0 Å². The van der Waals surface area contributed by atoms with Crippen LogP contribution in [0.1, 0.15) is 42.9 Å². The molecule has 2 aromatic rings. The highest BCUT2D eigenvalue weighted by Crippen LogP contribution is 2.33. The number of ether oxygens (including phenoxy) is 2. The van der Waals surface area contributed by atoms with Gasteiger partial charge in [0.15, 0.2) is 11.5 Å². The fraction of sp³-hybridized carbons (Fsp3) is 0.409. The normalized spacial score (nSPS) is 17.1. The van der Waals surface area contributed by atoms with Gasteiger partial charge in [0.05, 0.1) is 20.3 Å². The zero-order valence-corrected chi connectivity index (χ0v) is 16.3. The maximum atomic E-state index is 13.1.